The Hall–Kier alpha value is -3.87. The van der Waals surface area contributed by atoms with E-state index in [0.717, 1.165) is 52.3 Å². The van der Waals surface area contributed by atoms with Crippen LogP contribution < -0.4 is 10.1 Å². The van der Waals surface area contributed by atoms with Crippen LogP contribution in [0.3, 0.4) is 0 Å². The van der Waals surface area contributed by atoms with Gasteiger partial charge in [-0.3, -0.25) is 0 Å². The van der Waals surface area contributed by atoms with Gasteiger partial charge in [-0.25, -0.2) is 15.0 Å². The summed E-state index contributed by atoms with van der Waals surface area (Å²) in [6, 6.07) is 16.4. The van der Waals surface area contributed by atoms with E-state index < -0.39 is 0 Å². The number of anilines is 1. The predicted octanol–water partition coefficient (Wildman–Crippen LogP) is 4.40. The van der Waals surface area contributed by atoms with E-state index in [1.165, 1.54) is 11.2 Å². The summed E-state index contributed by atoms with van der Waals surface area (Å²) < 4.78 is 7.79. The molecule has 0 saturated carbocycles. The molecular weight excluding hydrogens is 376 g/mol. The molecule has 0 spiro atoms. The van der Waals surface area contributed by atoms with Crippen molar-refractivity contribution >= 4 is 27.8 Å². The monoisotopic (exact) mass is 398 g/mol. The lowest BCUT2D eigenvalue weighted by Crippen LogP contribution is -2.12. The van der Waals surface area contributed by atoms with Gasteiger partial charge in [-0.05, 0) is 37.3 Å². The van der Waals surface area contributed by atoms with Crippen molar-refractivity contribution in [3.05, 3.63) is 66.9 Å². The number of nitrogens with zero attached hydrogens (tertiary/aromatic N) is 4. The van der Waals surface area contributed by atoms with Gasteiger partial charge < -0.3 is 19.6 Å². The lowest BCUT2D eigenvalue weighted by atomic mass is 10.1. The zero-order valence-corrected chi connectivity index (χ0v) is 16.9. The second-order valence-corrected chi connectivity index (χ2v) is 7.18. The topological polar surface area (TPSA) is 80.6 Å². The molecule has 0 bridgehead atoms. The number of imidazole rings is 1. The van der Waals surface area contributed by atoms with Crippen molar-refractivity contribution in [1.82, 2.24) is 24.5 Å². The van der Waals surface area contributed by atoms with E-state index >= 15 is 0 Å². The average Bonchev–Trinajstić information content (AvgIpc) is 3.37. The van der Waals surface area contributed by atoms with E-state index in [9.17, 15) is 0 Å². The molecule has 0 amide bonds. The summed E-state index contributed by atoms with van der Waals surface area (Å²) in [6.45, 7) is 3.69. The van der Waals surface area contributed by atoms with Crippen LogP contribution in [0, 0.1) is 6.92 Å². The quantitative estimate of drug-likeness (QED) is 0.443. The Balaban J connectivity index is 1.33. The zero-order valence-electron chi connectivity index (χ0n) is 16.9. The molecule has 0 unspecified atom stereocenters. The lowest BCUT2D eigenvalue weighted by molar-refractivity contribution is 0.420. The third-order valence-corrected chi connectivity index (χ3v) is 5.36. The van der Waals surface area contributed by atoms with Crippen molar-refractivity contribution in [2.45, 2.75) is 13.5 Å². The number of benzene rings is 2. The van der Waals surface area contributed by atoms with E-state index in [0.29, 0.717) is 0 Å². The molecule has 2 N–H and O–H groups in total. The number of aryl methyl sites for hydroxylation is 1. The minimum absolute atomic E-state index is 0.748. The van der Waals surface area contributed by atoms with Crippen molar-refractivity contribution in [3.8, 4) is 17.0 Å². The molecule has 7 nitrogen and oxygen atoms in total. The first kappa shape index (κ1) is 18.2. The highest BCUT2D eigenvalue weighted by molar-refractivity contribution is 5.87. The van der Waals surface area contributed by atoms with Gasteiger partial charge in [0.2, 0.25) is 0 Å². The number of ether oxygens (including phenoxy) is 1. The highest BCUT2D eigenvalue weighted by Gasteiger charge is 2.10. The minimum Gasteiger partial charge on any atom is -0.496 e. The van der Waals surface area contributed by atoms with E-state index in [1.54, 1.807) is 19.8 Å². The van der Waals surface area contributed by atoms with Crippen LogP contribution in [0.4, 0.5) is 5.82 Å². The van der Waals surface area contributed by atoms with Crippen LogP contribution in [-0.4, -0.2) is 38.2 Å². The van der Waals surface area contributed by atoms with E-state index in [1.807, 2.05) is 30.3 Å². The minimum atomic E-state index is 0.748. The Morgan fingerprint density at radius 1 is 1.07 bits per heavy atom. The molecule has 0 radical (unpaired) electrons. The van der Waals surface area contributed by atoms with Gasteiger partial charge in [0.15, 0.2) is 0 Å². The largest absolute Gasteiger partial charge is 0.496 e. The Morgan fingerprint density at radius 3 is 2.90 bits per heavy atom. The number of rotatable bonds is 6. The zero-order chi connectivity index (χ0) is 20.5. The third-order valence-electron chi connectivity index (χ3n) is 5.36. The van der Waals surface area contributed by atoms with Crippen LogP contribution in [-0.2, 0) is 6.54 Å². The van der Waals surface area contributed by atoms with E-state index in [-0.39, 0.29) is 0 Å². The summed E-state index contributed by atoms with van der Waals surface area (Å²) in [6.07, 6.45) is 3.29. The Bertz CT molecular complexity index is 1340. The SMILES string of the molecule is COc1cccc2c1cc(C)n2CCNc1cc(-c2ccc3nc[nH]c3c2)ncn1. The van der Waals surface area contributed by atoms with Gasteiger partial charge in [0, 0.05) is 35.8 Å². The van der Waals surface area contributed by atoms with Gasteiger partial charge in [-0.1, -0.05) is 12.1 Å². The number of hydrogen-bond acceptors (Lipinski definition) is 5. The molecule has 150 valence electrons. The lowest BCUT2D eigenvalue weighted by Gasteiger charge is -2.11. The average molecular weight is 398 g/mol. The first-order valence-electron chi connectivity index (χ1n) is 9.85. The van der Waals surface area contributed by atoms with Gasteiger partial charge in [0.05, 0.1) is 35.7 Å². The van der Waals surface area contributed by atoms with Gasteiger partial charge in [0.1, 0.15) is 17.9 Å². The van der Waals surface area contributed by atoms with Crippen LogP contribution in [0.1, 0.15) is 5.69 Å². The van der Waals surface area contributed by atoms with Crippen molar-refractivity contribution in [2.24, 2.45) is 0 Å². The van der Waals surface area contributed by atoms with E-state index in [4.69, 9.17) is 4.74 Å². The van der Waals surface area contributed by atoms with Gasteiger partial charge in [0.25, 0.3) is 0 Å². The second kappa shape index (κ2) is 7.51. The summed E-state index contributed by atoms with van der Waals surface area (Å²) in [5.74, 6) is 1.70. The molecular formula is C23H22N6O. The third kappa shape index (κ3) is 3.24. The Kier molecular flexibility index (Phi) is 4.55. The number of aromatic amines is 1. The molecule has 5 rings (SSSR count). The summed E-state index contributed by atoms with van der Waals surface area (Å²) >= 11 is 0. The van der Waals surface area contributed by atoms with Crippen molar-refractivity contribution in [2.75, 3.05) is 19.0 Å². The first-order chi connectivity index (χ1) is 14.7. The molecule has 0 fully saturated rings. The molecule has 3 heterocycles. The van der Waals surface area contributed by atoms with Crippen LogP contribution in [0.25, 0.3) is 33.2 Å². The summed E-state index contributed by atoms with van der Waals surface area (Å²) in [5.41, 5.74) is 6.20. The molecule has 7 heteroatoms. The van der Waals surface area contributed by atoms with Crippen molar-refractivity contribution in [1.29, 1.82) is 0 Å². The van der Waals surface area contributed by atoms with Gasteiger partial charge in [-0.15, -0.1) is 0 Å². The molecule has 3 aromatic heterocycles. The molecule has 30 heavy (non-hydrogen) atoms. The van der Waals surface area contributed by atoms with Crippen molar-refractivity contribution < 1.29 is 4.74 Å². The molecule has 0 aliphatic carbocycles. The number of fused-ring (bicyclic) bond motifs is 2. The number of H-pyrrole nitrogens is 1. The summed E-state index contributed by atoms with van der Waals surface area (Å²) in [4.78, 5) is 16.2. The first-order valence-corrected chi connectivity index (χ1v) is 9.85. The smallest absolute Gasteiger partial charge is 0.130 e. The maximum Gasteiger partial charge on any atom is 0.130 e. The molecule has 0 aliphatic heterocycles. The standard InChI is InChI=1S/C23H22N6O/c1-15-10-17-21(4-3-5-22(17)30-2)29(15)9-8-24-23-12-19(26-14-28-23)16-6-7-18-20(11-16)27-13-25-18/h3-7,10-14H,8-9H2,1-2H3,(H,25,27)(H,24,26,28). The number of aromatic nitrogens is 5. The molecule has 0 atom stereocenters. The van der Waals surface area contributed by atoms with Crippen LogP contribution in [0.5, 0.6) is 5.75 Å². The van der Waals surface area contributed by atoms with Crippen molar-refractivity contribution in [3.63, 3.8) is 0 Å². The Labute approximate surface area is 173 Å². The maximum absolute atomic E-state index is 5.49. The summed E-state index contributed by atoms with van der Waals surface area (Å²) in [7, 11) is 1.71. The number of methoxy groups -OCH3 is 1. The highest BCUT2D eigenvalue weighted by atomic mass is 16.5. The molecule has 2 aromatic carbocycles. The fourth-order valence-electron chi connectivity index (χ4n) is 3.87. The fourth-order valence-corrected chi connectivity index (χ4v) is 3.87. The van der Waals surface area contributed by atoms with Crippen LogP contribution in [0.2, 0.25) is 0 Å². The highest BCUT2D eigenvalue weighted by Crippen LogP contribution is 2.28. The fraction of sp³-hybridized carbons (Fsp3) is 0.174. The summed E-state index contributed by atoms with van der Waals surface area (Å²) in [5, 5.41) is 4.56. The van der Waals surface area contributed by atoms with Gasteiger partial charge in [-0.2, -0.15) is 0 Å². The second-order valence-electron chi connectivity index (χ2n) is 7.18. The van der Waals surface area contributed by atoms with Crippen LogP contribution in [0.15, 0.2) is 61.2 Å². The number of hydrogen-bond donors (Lipinski definition) is 2. The molecule has 5 aromatic rings. The molecule has 0 aliphatic rings. The van der Waals surface area contributed by atoms with E-state index in [2.05, 4.69) is 54.9 Å². The van der Waals surface area contributed by atoms with Crippen LogP contribution >= 0.6 is 0 Å². The number of nitrogens with one attached hydrogen (secondary N) is 2. The maximum atomic E-state index is 5.49. The molecule has 0 saturated heterocycles. The Morgan fingerprint density at radius 2 is 2.00 bits per heavy atom. The normalized spacial score (nSPS) is 11.3. The predicted molar refractivity (Wildman–Crippen MR) is 119 cm³/mol. The van der Waals surface area contributed by atoms with Gasteiger partial charge >= 0.3 is 0 Å².